The van der Waals surface area contributed by atoms with Gasteiger partial charge in [0.15, 0.2) is 0 Å². The molecule has 0 radical (unpaired) electrons. The van der Waals surface area contributed by atoms with Crippen LogP contribution in [-0.2, 0) is 14.3 Å². The Labute approximate surface area is 190 Å². The summed E-state index contributed by atoms with van der Waals surface area (Å²) in [4.78, 5) is 11.1. The van der Waals surface area contributed by atoms with Crippen molar-refractivity contribution in [2.45, 2.75) is 122 Å². The molecule has 0 rings (SSSR count). The zero-order valence-electron chi connectivity index (χ0n) is 20.4. The van der Waals surface area contributed by atoms with Gasteiger partial charge in [-0.15, -0.1) is 0 Å². The second-order valence-electron chi connectivity index (χ2n) is 9.03. The van der Waals surface area contributed by atoms with Crippen LogP contribution in [0.5, 0.6) is 0 Å². The summed E-state index contributed by atoms with van der Waals surface area (Å²) in [7, 11) is 1.42. The molecule has 6 nitrogen and oxygen atoms in total. The molecule has 3 N–H and O–H groups in total. The van der Waals surface area contributed by atoms with Gasteiger partial charge in [0.05, 0.1) is 39.1 Å². The largest absolute Gasteiger partial charge is 0.469 e. The molecule has 0 aromatic rings. The maximum absolute atomic E-state index is 11.1. The molecule has 31 heavy (non-hydrogen) atoms. The second kappa shape index (κ2) is 20.0. The summed E-state index contributed by atoms with van der Waals surface area (Å²) < 4.78 is 10.7. The van der Waals surface area contributed by atoms with Gasteiger partial charge in [-0.3, -0.25) is 4.79 Å². The van der Waals surface area contributed by atoms with Crippen molar-refractivity contribution < 1.29 is 29.6 Å². The van der Waals surface area contributed by atoms with Crippen molar-refractivity contribution in [1.82, 2.24) is 0 Å². The van der Waals surface area contributed by atoms with Crippen molar-refractivity contribution in [1.29, 1.82) is 0 Å². The molecule has 0 saturated carbocycles. The van der Waals surface area contributed by atoms with Crippen molar-refractivity contribution in [3.8, 4) is 0 Å². The van der Waals surface area contributed by atoms with Crippen LogP contribution >= 0.6 is 0 Å². The number of ether oxygens (including phenoxy) is 2. The van der Waals surface area contributed by atoms with Gasteiger partial charge in [0.1, 0.15) is 0 Å². The molecule has 0 bridgehead atoms. The maximum Gasteiger partial charge on any atom is 0.305 e. The Bertz CT molecular complexity index is 403. The predicted octanol–water partition coefficient (Wildman–Crippen LogP) is 4.77. The number of aliphatic hydroxyl groups is 3. The predicted molar refractivity (Wildman–Crippen MR) is 125 cm³/mol. The summed E-state index contributed by atoms with van der Waals surface area (Å²) >= 11 is 0. The SMILES string of the molecule is CCCCCCCCC(O)C(CCCCCCCC(=O)OC)OCC(CC)(CO)CO. The van der Waals surface area contributed by atoms with E-state index in [9.17, 15) is 20.1 Å². The molecule has 0 aliphatic heterocycles. The van der Waals surface area contributed by atoms with Gasteiger partial charge in [-0.05, 0) is 25.7 Å². The van der Waals surface area contributed by atoms with Gasteiger partial charge in [0, 0.05) is 11.8 Å². The molecule has 0 aliphatic carbocycles. The van der Waals surface area contributed by atoms with Crippen LogP contribution in [-0.4, -0.2) is 60.4 Å². The number of carbonyl (C=O) groups is 1. The first kappa shape index (κ1) is 30.3. The van der Waals surface area contributed by atoms with Crippen LogP contribution in [0.15, 0.2) is 0 Å². The Balaban J connectivity index is 4.43. The van der Waals surface area contributed by atoms with Crippen LogP contribution in [0, 0.1) is 5.41 Å². The molecular formula is C25H50O6. The normalized spacial score (nSPS) is 13.9. The molecule has 6 heteroatoms. The first-order valence-corrected chi connectivity index (χ1v) is 12.6. The summed E-state index contributed by atoms with van der Waals surface area (Å²) in [5.41, 5.74) is -0.647. The fourth-order valence-electron chi connectivity index (χ4n) is 3.70. The third-order valence-electron chi connectivity index (χ3n) is 6.40. The summed E-state index contributed by atoms with van der Waals surface area (Å²) in [6, 6.07) is 0. The van der Waals surface area contributed by atoms with E-state index in [1.54, 1.807) is 0 Å². The van der Waals surface area contributed by atoms with E-state index in [4.69, 9.17) is 4.74 Å². The molecule has 0 aliphatic rings. The number of hydrogen-bond donors (Lipinski definition) is 3. The van der Waals surface area contributed by atoms with Gasteiger partial charge >= 0.3 is 5.97 Å². The molecule has 2 unspecified atom stereocenters. The van der Waals surface area contributed by atoms with Gasteiger partial charge in [0.25, 0.3) is 0 Å². The van der Waals surface area contributed by atoms with Crippen LogP contribution in [0.1, 0.15) is 110 Å². The Kier molecular flexibility index (Phi) is 19.5. The second-order valence-corrected chi connectivity index (χ2v) is 9.03. The van der Waals surface area contributed by atoms with Crippen molar-refractivity contribution in [3.05, 3.63) is 0 Å². The monoisotopic (exact) mass is 446 g/mol. The molecule has 0 spiro atoms. The topological polar surface area (TPSA) is 96.2 Å². The standard InChI is InChI=1S/C25H50O6/c1-4-6-7-8-10-13-16-22(28)23(31-21-25(5-2,19-26)20-27)17-14-11-9-12-15-18-24(29)30-3/h22-23,26-28H,4-21H2,1-3H3. The minimum Gasteiger partial charge on any atom is -0.469 e. The lowest BCUT2D eigenvalue weighted by Crippen LogP contribution is -2.39. The lowest BCUT2D eigenvalue weighted by Gasteiger charge is -2.32. The Hall–Kier alpha value is -0.690. The van der Waals surface area contributed by atoms with Crippen molar-refractivity contribution in [2.24, 2.45) is 5.41 Å². The number of unbranched alkanes of at least 4 members (excludes halogenated alkanes) is 9. The van der Waals surface area contributed by atoms with E-state index in [-0.39, 0.29) is 31.9 Å². The summed E-state index contributed by atoms with van der Waals surface area (Å²) in [5, 5.41) is 30.1. The first-order valence-electron chi connectivity index (χ1n) is 12.6. The number of carbonyl (C=O) groups excluding carboxylic acids is 1. The maximum atomic E-state index is 11.1. The van der Waals surface area contributed by atoms with Gasteiger partial charge in [0.2, 0.25) is 0 Å². The molecule has 0 heterocycles. The van der Waals surface area contributed by atoms with E-state index < -0.39 is 11.5 Å². The van der Waals surface area contributed by atoms with Crippen LogP contribution in [0.3, 0.4) is 0 Å². The highest BCUT2D eigenvalue weighted by Gasteiger charge is 2.30. The average Bonchev–Trinajstić information content (AvgIpc) is 2.79. The summed E-state index contributed by atoms with van der Waals surface area (Å²) in [6.45, 7) is 4.15. The molecule has 0 amide bonds. The number of esters is 1. The molecule has 0 saturated heterocycles. The van der Waals surface area contributed by atoms with Crippen LogP contribution in [0.2, 0.25) is 0 Å². The summed E-state index contributed by atoms with van der Waals surface area (Å²) in [5.74, 6) is -0.154. The molecule has 186 valence electrons. The third-order valence-corrected chi connectivity index (χ3v) is 6.40. The van der Waals surface area contributed by atoms with Gasteiger partial charge in [-0.1, -0.05) is 78.1 Å². The van der Waals surface area contributed by atoms with E-state index in [0.29, 0.717) is 12.8 Å². The van der Waals surface area contributed by atoms with E-state index in [1.165, 1.54) is 32.8 Å². The molecule has 0 aromatic carbocycles. The lowest BCUT2D eigenvalue weighted by molar-refractivity contribution is -0.140. The summed E-state index contributed by atoms with van der Waals surface area (Å²) in [6.07, 6.45) is 13.8. The minimum absolute atomic E-state index is 0.125. The highest BCUT2D eigenvalue weighted by Crippen LogP contribution is 2.24. The van der Waals surface area contributed by atoms with Crippen LogP contribution in [0.4, 0.5) is 0 Å². The van der Waals surface area contributed by atoms with Crippen molar-refractivity contribution in [3.63, 3.8) is 0 Å². The highest BCUT2D eigenvalue weighted by atomic mass is 16.5. The number of hydrogen-bond acceptors (Lipinski definition) is 6. The van der Waals surface area contributed by atoms with Gasteiger partial charge in [-0.2, -0.15) is 0 Å². The minimum atomic E-state index is -0.647. The average molecular weight is 447 g/mol. The van der Waals surface area contributed by atoms with Crippen LogP contribution in [0.25, 0.3) is 0 Å². The number of aliphatic hydroxyl groups excluding tert-OH is 3. The van der Waals surface area contributed by atoms with Gasteiger partial charge < -0.3 is 24.8 Å². The Morgan fingerprint density at radius 2 is 1.39 bits per heavy atom. The number of methoxy groups -OCH3 is 1. The third kappa shape index (κ3) is 14.9. The molecule has 2 atom stereocenters. The molecule has 0 fully saturated rings. The van der Waals surface area contributed by atoms with Crippen molar-refractivity contribution in [2.75, 3.05) is 26.9 Å². The first-order chi connectivity index (χ1) is 15.0. The van der Waals surface area contributed by atoms with Crippen LogP contribution < -0.4 is 0 Å². The zero-order valence-corrected chi connectivity index (χ0v) is 20.4. The van der Waals surface area contributed by atoms with E-state index in [1.807, 2.05) is 6.92 Å². The highest BCUT2D eigenvalue weighted by molar-refractivity contribution is 5.68. The van der Waals surface area contributed by atoms with E-state index in [2.05, 4.69) is 11.7 Å². The fourth-order valence-corrected chi connectivity index (χ4v) is 3.70. The van der Waals surface area contributed by atoms with E-state index >= 15 is 0 Å². The molecular weight excluding hydrogens is 396 g/mol. The Morgan fingerprint density at radius 3 is 1.94 bits per heavy atom. The Morgan fingerprint density at radius 1 is 0.839 bits per heavy atom. The molecule has 0 aromatic heterocycles. The zero-order chi connectivity index (χ0) is 23.4. The van der Waals surface area contributed by atoms with Crippen molar-refractivity contribution >= 4 is 5.97 Å². The van der Waals surface area contributed by atoms with E-state index in [0.717, 1.165) is 57.8 Å². The smallest absolute Gasteiger partial charge is 0.305 e. The van der Waals surface area contributed by atoms with Gasteiger partial charge in [-0.25, -0.2) is 0 Å². The lowest BCUT2D eigenvalue weighted by atomic mass is 9.88. The fraction of sp³-hybridized carbons (Fsp3) is 0.960. The number of rotatable bonds is 22. The quantitative estimate of drug-likeness (QED) is 0.164.